The van der Waals surface area contributed by atoms with Crippen LogP contribution in [0, 0.1) is 0 Å². The van der Waals surface area contributed by atoms with Crippen molar-refractivity contribution < 1.29 is 14.3 Å². The molecule has 0 unspecified atom stereocenters. The van der Waals surface area contributed by atoms with Crippen LogP contribution in [0.15, 0.2) is 12.7 Å². The quantitative estimate of drug-likeness (QED) is 0.371. The summed E-state index contributed by atoms with van der Waals surface area (Å²) in [4.78, 5) is 24.1. The van der Waals surface area contributed by atoms with E-state index in [4.69, 9.17) is 4.74 Å². The van der Waals surface area contributed by atoms with Crippen molar-refractivity contribution in [2.75, 3.05) is 13.2 Å². The van der Waals surface area contributed by atoms with Crippen molar-refractivity contribution in [1.82, 2.24) is 4.90 Å². The summed E-state index contributed by atoms with van der Waals surface area (Å²) in [6, 6.07) is 0.165. The average Bonchev–Trinajstić information content (AvgIpc) is 2.31. The van der Waals surface area contributed by atoms with Crippen LogP contribution < -0.4 is 0 Å². The van der Waals surface area contributed by atoms with Gasteiger partial charge in [0.25, 0.3) is 0 Å². The summed E-state index contributed by atoms with van der Waals surface area (Å²) in [5, 5.41) is 0. The molecule has 0 fully saturated rings. The Balaban J connectivity index is 3.80. The smallest absolute Gasteiger partial charge is 0.305 e. The van der Waals surface area contributed by atoms with Gasteiger partial charge in [0.2, 0.25) is 5.91 Å². The Labute approximate surface area is 104 Å². The Kier molecular flexibility index (Phi) is 8.11. The lowest BCUT2D eigenvalue weighted by molar-refractivity contribution is -0.143. The van der Waals surface area contributed by atoms with Crippen LogP contribution in [-0.2, 0) is 14.3 Å². The van der Waals surface area contributed by atoms with Crippen molar-refractivity contribution in [2.24, 2.45) is 0 Å². The standard InChI is InChI=1S/C13H23NO3/c1-5-12(15)14(11(3)4)9-7-8-10-17-13(16)6-2/h5,11H,1,6-10H2,2-4H3. The molecule has 0 aromatic heterocycles. The van der Waals surface area contributed by atoms with Crippen molar-refractivity contribution in [1.29, 1.82) is 0 Å². The Morgan fingerprint density at radius 3 is 2.47 bits per heavy atom. The molecule has 0 atom stereocenters. The molecule has 17 heavy (non-hydrogen) atoms. The van der Waals surface area contributed by atoms with Gasteiger partial charge in [-0.15, -0.1) is 0 Å². The second kappa shape index (κ2) is 8.79. The van der Waals surface area contributed by atoms with E-state index in [1.807, 2.05) is 13.8 Å². The van der Waals surface area contributed by atoms with E-state index in [0.717, 1.165) is 12.8 Å². The molecule has 0 saturated heterocycles. The fraction of sp³-hybridized carbons (Fsp3) is 0.692. The molecule has 0 N–H and O–H groups in total. The first kappa shape index (κ1) is 15.7. The van der Waals surface area contributed by atoms with E-state index in [0.29, 0.717) is 19.6 Å². The number of esters is 1. The Morgan fingerprint density at radius 2 is 2.00 bits per heavy atom. The summed E-state index contributed by atoms with van der Waals surface area (Å²) in [6.45, 7) is 10.3. The van der Waals surface area contributed by atoms with E-state index in [-0.39, 0.29) is 17.9 Å². The van der Waals surface area contributed by atoms with Crippen LogP contribution in [0.4, 0.5) is 0 Å². The van der Waals surface area contributed by atoms with E-state index < -0.39 is 0 Å². The topological polar surface area (TPSA) is 46.6 Å². The van der Waals surface area contributed by atoms with Crippen molar-refractivity contribution in [3.05, 3.63) is 12.7 Å². The summed E-state index contributed by atoms with van der Waals surface area (Å²) >= 11 is 0. The highest BCUT2D eigenvalue weighted by molar-refractivity contribution is 5.87. The highest BCUT2D eigenvalue weighted by Crippen LogP contribution is 2.03. The van der Waals surface area contributed by atoms with Crippen LogP contribution in [0.5, 0.6) is 0 Å². The van der Waals surface area contributed by atoms with E-state index in [2.05, 4.69) is 6.58 Å². The molecule has 0 aliphatic carbocycles. The van der Waals surface area contributed by atoms with Gasteiger partial charge in [0.1, 0.15) is 0 Å². The molecule has 0 aromatic carbocycles. The van der Waals surface area contributed by atoms with Gasteiger partial charge in [-0.1, -0.05) is 13.5 Å². The third kappa shape index (κ3) is 6.76. The largest absolute Gasteiger partial charge is 0.466 e. The van der Waals surface area contributed by atoms with Crippen molar-refractivity contribution >= 4 is 11.9 Å². The van der Waals surface area contributed by atoms with Crippen LogP contribution in [0.25, 0.3) is 0 Å². The van der Waals surface area contributed by atoms with Crippen LogP contribution >= 0.6 is 0 Å². The first-order valence-corrected chi connectivity index (χ1v) is 6.11. The van der Waals surface area contributed by atoms with Crippen molar-refractivity contribution in [2.45, 2.75) is 46.1 Å². The maximum atomic E-state index is 11.5. The van der Waals surface area contributed by atoms with Gasteiger partial charge in [-0.3, -0.25) is 9.59 Å². The van der Waals surface area contributed by atoms with Gasteiger partial charge in [0.05, 0.1) is 6.61 Å². The van der Waals surface area contributed by atoms with E-state index in [1.165, 1.54) is 6.08 Å². The lowest BCUT2D eigenvalue weighted by Gasteiger charge is -2.25. The number of amides is 1. The number of hydrogen-bond donors (Lipinski definition) is 0. The number of unbranched alkanes of at least 4 members (excludes halogenated alkanes) is 1. The van der Waals surface area contributed by atoms with Gasteiger partial charge in [-0.05, 0) is 32.8 Å². The summed E-state index contributed by atoms with van der Waals surface area (Å²) in [6.07, 6.45) is 3.35. The summed E-state index contributed by atoms with van der Waals surface area (Å²) in [5.41, 5.74) is 0. The zero-order valence-electron chi connectivity index (χ0n) is 11.1. The van der Waals surface area contributed by atoms with Crippen molar-refractivity contribution in [3.63, 3.8) is 0 Å². The SMILES string of the molecule is C=CC(=O)N(CCCCOC(=O)CC)C(C)C. The number of ether oxygens (including phenoxy) is 1. The molecule has 0 saturated carbocycles. The molecule has 0 bridgehead atoms. The molecular weight excluding hydrogens is 218 g/mol. The van der Waals surface area contributed by atoms with Gasteiger partial charge < -0.3 is 9.64 Å². The Bertz CT molecular complexity index is 261. The fourth-order valence-electron chi connectivity index (χ4n) is 1.41. The molecule has 0 aromatic rings. The molecule has 0 aliphatic rings. The van der Waals surface area contributed by atoms with Crippen LogP contribution in [-0.4, -0.2) is 36.0 Å². The third-order valence-corrected chi connectivity index (χ3v) is 2.43. The van der Waals surface area contributed by atoms with Gasteiger partial charge in [-0.2, -0.15) is 0 Å². The normalized spacial score (nSPS) is 10.1. The average molecular weight is 241 g/mol. The predicted octanol–water partition coefficient (Wildman–Crippen LogP) is 2.14. The van der Waals surface area contributed by atoms with Crippen molar-refractivity contribution in [3.8, 4) is 0 Å². The number of nitrogens with zero attached hydrogens (tertiary/aromatic N) is 1. The first-order valence-electron chi connectivity index (χ1n) is 6.11. The fourth-order valence-corrected chi connectivity index (χ4v) is 1.41. The van der Waals surface area contributed by atoms with E-state index in [1.54, 1.807) is 11.8 Å². The van der Waals surface area contributed by atoms with Gasteiger partial charge in [0, 0.05) is 19.0 Å². The van der Waals surface area contributed by atoms with Gasteiger partial charge >= 0.3 is 5.97 Å². The van der Waals surface area contributed by atoms with Crippen LogP contribution in [0.3, 0.4) is 0 Å². The zero-order valence-corrected chi connectivity index (χ0v) is 11.1. The lowest BCUT2D eigenvalue weighted by atomic mass is 10.2. The molecule has 0 spiro atoms. The summed E-state index contributed by atoms with van der Waals surface area (Å²) in [7, 11) is 0. The van der Waals surface area contributed by atoms with E-state index >= 15 is 0 Å². The molecule has 0 radical (unpaired) electrons. The van der Waals surface area contributed by atoms with Gasteiger partial charge in [-0.25, -0.2) is 0 Å². The minimum Gasteiger partial charge on any atom is -0.466 e. The lowest BCUT2D eigenvalue weighted by Crippen LogP contribution is -2.36. The molecule has 0 heterocycles. The molecule has 0 aliphatic heterocycles. The second-order valence-electron chi connectivity index (χ2n) is 4.11. The van der Waals surface area contributed by atoms with Gasteiger partial charge in [0.15, 0.2) is 0 Å². The number of carbonyl (C=O) groups excluding carboxylic acids is 2. The third-order valence-electron chi connectivity index (χ3n) is 2.43. The minimum absolute atomic E-state index is 0.0504. The highest BCUT2D eigenvalue weighted by atomic mass is 16.5. The number of hydrogen-bond acceptors (Lipinski definition) is 3. The Morgan fingerprint density at radius 1 is 1.35 bits per heavy atom. The summed E-state index contributed by atoms with van der Waals surface area (Å²) in [5.74, 6) is -0.224. The predicted molar refractivity (Wildman–Crippen MR) is 67.5 cm³/mol. The zero-order chi connectivity index (χ0) is 13.3. The molecule has 1 amide bonds. The minimum atomic E-state index is -0.173. The molecule has 4 nitrogen and oxygen atoms in total. The second-order valence-corrected chi connectivity index (χ2v) is 4.11. The maximum absolute atomic E-state index is 11.5. The molecular formula is C13H23NO3. The monoisotopic (exact) mass is 241 g/mol. The molecule has 98 valence electrons. The molecule has 4 heteroatoms. The molecule has 0 rings (SSSR count). The van der Waals surface area contributed by atoms with Crippen LogP contribution in [0.2, 0.25) is 0 Å². The highest BCUT2D eigenvalue weighted by Gasteiger charge is 2.12. The van der Waals surface area contributed by atoms with Crippen LogP contribution in [0.1, 0.15) is 40.0 Å². The summed E-state index contributed by atoms with van der Waals surface area (Å²) < 4.78 is 4.96. The first-order chi connectivity index (χ1) is 8.02. The maximum Gasteiger partial charge on any atom is 0.305 e. The van der Waals surface area contributed by atoms with E-state index in [9.17, 15) is 9.59 Å². The Hall–Kier alpha value is -1.32. The number of carbonyl (C=O) groups is 2. The number of rotatable bonds is 8.